The first kappa shape index (κ1) is 6.28. The maximum atomic E-state index is 3.63. The molecule has 0 fully saturated rings. The van der Waals surface area contributed by atoms with E-state index in [1.807, 2.05) is 6.92 Å². The minimum atomic E-state index is 0.815. The van der Waals surface area contributed by atoms with E-state index in [4.69, 9.17) is 0 Å². The Balaban J connectivity index is 2.97. The van der Waals surface area contributed by atoms with Crippen molar-refractivity contribution in [3.63, 3.8) is 0 Å². The van der Waals surface area contributed by atoms with Gasteiger partial charge in [-0.05, 0) is 6.92 Å². The van der Waals surface area contributed by atoms with Gasteiger partial charge in [0, 0.05) is 12.2 Å². The molecule has 0 aliphatic rings. The highest BCUT2D eigenvalue weighted by molar-refractivity contribution is 4.87. The van der Waals surface area contributed by atoms with Crippen LogP contribution in [-0.2, 0) is 0 Å². The van der Waals surface area contributed by atoms with Crippen molar-refractivity contribution in [1.82, 2.24) is 5.32 Å². The Kier molecular flexibility index (Phi) is 3.11. The molecule has 1 heteroatoms. The van der Waals surface area contributed by atoms with Gasteiger partial charge in [0.25, 0.3) is 0 Å². The van der Waals surface area contributed by atoms with Crippen molar-refractivity contribution in [3.8, 4) is 0 Å². The first-order chi connectivity index (χ1) is 3.27. The van der Waals surface area contributed by atoms with Crippen LogP contribution in [0.1, 0.15) is 6.92 Å². The molecule has 0 aliphatic heterocycles. The molecule has 0 atom stereocenters. The monoisotopic (exact) mass is 97.1 g/mol. The molecule has 0 heterocycles. The molecule has 0 aromatic rings. The molecule has 0 amide bonds. The topological polar surface area (TPSA) is 12.0 Å². The maximum absolute atomic E-state index is 3.63. The maximum Gasteiger partial charge on any atom is 0.0324 e. The van der Waals surface area contributed by atoms with E-state index in [2.05, 4.69) is 18.5 Å². The lowest BCUT2D eigenvalue weighted by molar-refractivity contribution is 0.912. The Morgan fingerprint density at radius 1 is 1.86 bits per heavy atom. The molecule has 0 spiro atoms. The SMILES string of the molecule is C=CCNC(=C)C. The highest BCUT2D eigenvalue weighted by Crippen LogP contribution is 1.74. The van der Waals surface area contributed by atoms with Crippen molar-refractivity contribution in [2.24, 2.45) is 0 Å². The van der Waals surface area contributed by atoms with E-state index in [0.717, 1.165) is 12.2 Å². The number of hydrogen-bond acceptors (Lipinski definition) is 1. The molecule has 0 aromatic carbocycles. The summed E-state index contributed by atoms with van der Waals surface area (Å²) in [5.74, 6) is 0. The second kappa shape index (κ2) is 3.47. The van der Waals surface area contributed by atoms with Crippen LogP contribution in [0.3, 0.4) is 0 Å². The molecule has 0 rings (SSSR count). The van der Waals surface area contributed by atoms with Gasteiger partial charge in [0.15, 0.2) is 0 Å². The Hall–Kier alpha value is -0.720. The molecular formula is C6H11N. The second-order valence-electron chi connectivity index (χ2n) is 1.45. The van der Waals surface area contributed by atoms with Crippen LogP contribution in [0.15, 0.2) is 24.9 Å². The van der Waals surface area contributed by atoms with Gasteiger partial charge in [-0.2, -0.15) is 0 Å². The lowest BCUT2D eigenvalue weighted by Crippen LogP contribution is -2.08. The summed E-state index contributed by atoms with van der Waals surface area (Å²) >= 11 is 0. The minimum Gasteiger partial charge on any atom is -0.386 e. The zero-order valence-corrected chi connectivity index (χ0v) is 4.70. The van der Waals surface area contributed by atoms with Gasteiger partial charge in [-0.1, -0.05) is 12.7 Å². The molecule has 0 radical (unpaired) electrons. The van der Waals surface area contributed by atoms with Crippen LogP contribution in [0.5, 0.6) is 0 Å². The van der Waals surface area contributed by atoms with Crippen molar-refractivity contribution in [2.75, 3.05) is 6.54 Å². The van der Waals surface area contributed by atoms with Crippen LogP contribution >= 0.6 is 0 Å². The minimum absolute atomic E-state index is 0.815. The van der Waals surface area contributed by atoms with E-state index in [0.29, 0.717) is 0 Å². The Morgan fingerprint density at radius 2 is 2.43 bits per heavy atom. The third-order valence-corrected chi connectivity index (χ3v) is 0.548. The van der Waals surface area contributed by atoms with Gasteiger partial charge in [0.2, 0.25) is 0 Å². The molecule has 40 valence electrons. The van der Waals surface area contributed by atoms with Crippen LogP contribution in [0, 0.1) is 0 Å². The third-order valence-electron chi connectivity index (χ3n) is 0.548. The summed E-state index contributed by atoms with van der Waals surface area (Å²) < 4.78 is 0. The van der Waals surface area contributed by atoms with E-state index in [1.165, 1.54) is 0 Å². The number of nitrogens with one attached hydrogen (secondary N) is 1. The second-order valence-corrected chi connectivity index (χ2v) is 1.45. The summed E-state index contributed by atoms with van der Waals surface area (Å²) in [7, 11) is 0. The third kappa shape index (κ3) is 5.28. The van der Waals surface area contributed by atoms with Crippen LogP contribution in [0.2, 0.25) is 0 Å². The standard InChI is InChI=1S/C6H11N/c1-4-5-7-6(2)3/h4,7H,1-2,5H2,3H3. The van der Waals surface area contributed by atoms with E-state index >= 15 is 0 Å². The molecular weight excluding hydrogens is 86.1 g/mol. The van der Waals surface area contributed by atoms with Gasteiger partial charge >= 0.3 is 0 Å². The molecule has 0 saturated carbocycles. The van der Waals surface area contributed by atoms with Gasteiger partial charge in [-0.15, -0.1) is 6.58 Å². The fourth-order valence-corrected chi connectivity index (χ4v) is 0.246. The summed E-state index contributed by atoms with van der Waals surface area (Å²) in [6, 6.07) is 0. The highest BCUT2D eigenvalue weighted by Gasteiger charge is 1.73. The zero-order chi connectivity index (χ0) is 5.70. The first-order valence-corrected chi connectivity index (χ1v) is 2.27. The Morgan fingerprint density at radius 3 is 2.57 bits per heavy atom. The normalized spacial score (nSPS) is 7.57. The summed E-state index contributed by atoms with van der Waals surface area (Å²) in [5.41, 5.74) is 0.986. The van der Waals surface area contributed by atoms with E-state index in [9.17, 15) is 0 Å². The molecule has 0 saturated heterocycles. The van der Waals surface area contributed by atoms with Crippen molar-refractivity contribution in [1.29, 1.82) is 0 Å². The average Bonchev–Trinajstić information content (AvgIpc) is 1.61. The van der Waals surface area contributed by atoms with Crippen molar-refractivity contribution >= 4 is 0 Å². The quantitative estimate of drug-likeness (QED) is 0.523. The van der Waals surface area contributed by atoms with Gasteiger partial charge in [0.1, 0.15) is 0 Å². The summed E-state index contributed by atoms with van der Waals surface area (Å²) in [5, 5.41) is 2.98. The van der Waals surface area contributed by atoms with Crippen LogP contribution in [-0.4, -0.2) is 6.54 Å². The summed E-state index contributed by atoms with van der Waals surface area (Å²) in [6.07, 6.45) is 1.80. The van der Waals surface area contributed by atoms with Crippen molar-refractivity contribution in [3.05, 3.63) is 24.9 Å². The molecule has 0 bridgehead atoms. The van der Waals surface area contributed by atoms with Gasteiger partial charge in [0.05, 0.1) is 0 Å². The van der Waals surface area contributed by atoms with Crippen LogP contribution < -0.4 is 5.32 Å². The largest absolute Gasteiger partial charge is 0.386 e. The Bertz CT molecular complexity index is 74.2. The molecule has 0 unspecified atom stereocenters. The molecule has 1 N–H and O–H groups in total. The summed E-state index contributed by atoms with van der Waals surface area (Å²) in [4.78, 5) is 0. The predicted molar refractivity (Wildman–Crippen MR) is 33.0 cm³/mol. The van der Waals surface area contributed by atoms with E-state index in [1.54, 1.807) is 6.08 Å². The molecule has 1 nitrogen and oxygen atoms in total. The molecule has 0 aromatic heterocycles. The molecule has 7 heavy (non-hydrogen) atoms. The van der Waals surface area contributed by atoms with Gasteiger partial charge in [-0.25, -0.2) is 0 Å². The smallest absolute Gasteiger partial charge is 0.0324 e. The van der Waals surface area contributed by atoms with E-state index < -0.39 is 0 Å². The zero-order valence-electron chi connectivity index (χ0n) is 4.70. The highest BCUT2D eigenvalue weighted by atomic mass is 14.8. The lowest BCUT2D eigenvalue weighted by Gasteiger charge is -1.96. The number of rotatable bonds is 3. The van der Waals surface area contributed by atoms with Crippen LogP contribution in [0.25, 0.3) is 0 Å². The fourth-order valence-electron chi connectivity index (χ4n) is 0.246. The average molecular weight is 97.2 g/mol. The van der Waals surface area contributed by atoms with Crippen LogP contribution in [0.4, 0.5) is 0 Å². The van der Waals surface area contributed by atoms with Gasteiger partial charge in [-0.3, -0.25) is 0 Å². The molecule has 0 aliphatic carbocycles. The van der Waals surface area contributed by atoms with E-state index in [-0.39, 0.29) is 0 Å². The fraction of sp³-hybridized carbons (Fsp3) is 0.333. The lowest BCUT2D eigenvalue weighted by atomic mass is 10.5. The Labute approximate surface area is 44.7 Å². The van der Waals surface area contributed by atoms with Crippen molar-refractivity contribution < 1.29 is 0 Å². The number of hydrogen-bond donors (Lipinski definition) is 1. The van der Waals surface area contributed by atoms with Gasteiger partial charge < -0.3 is 5.32 Å². The first-order valence-electron chi connectivity index (χ1n) is 2.27. The number of allylic oxidation sites excluding steroid dienone is 1. The predicted octanol–water partition coefficient (Wildman–Crippen LogP) is 1.30. The summed E-state index contributed by atoms with van der Waals surface area (Å²) in [6.45, 7) is 9.90. The van der Waals surface area contributed by atoms with Crippen molar-refractivity contribution in [2.45, 2.75) is 6.92 Å².